The molecule has 1 amide bonds. The average Bonchev–Trinajstić information content (AvgIpc) is 2.85. The van der Waals surface area contributed by atoms with E-state index in [9.17, 15) is 4.79 Å². The standard InChI is InChI=1S/C16H20N4OS/c1-11-18-19-16(20(11)2)22-10-15(21)17-14-9-5-7-12-6-3-4-8-13(12)14/h3-4,6,8,14H,5,7,9-10H2,1-2H3,(H,17,21)/t14-/m1/s1. The van der Waals surface area contributed by atoms with E-state index in [1.807, 2.05) is 24.6 Å². The smallest absolute Gasteiger partial charge is 0.230 e. The molecule has 1 atom stereocenters. The molecule has 0 aliphatic heterocycles. The van der Waals surface area contributed by atoms with Crippen molar-refractivity contribution in [1.82, 2.24) is 20.1 Å². The van der Waals surface area contributed by atoms with E-state index in [4.69, 9.17) is 0 Å². The first-order valence-corrected chi connectivity index (χ1v) is 8.49. The van der Waals surface area contributed by atoms with Crippen LogP contribution in [-0.2, 0) is 18.3 Å². The van der Waals surface area contributed by atoms with Gasteiger partial charge in [-0.05, 0) is 37.3 Å². The number of carbonyl (C=O) groups is 1. The largest absolute Gasteiger partial charge is 0.349 e. The minimum absolute atomic E-state index is 0.0485. The van der Waals surface area contributed by atoms with E-state index >= 15 is 0 Å². The number of hydrogen-bond donors (Lipinski definition) is 1. The topological polar surface area (TPSA) is 59.8 Å². The molecule has 5 nitrogen and oxygen atoms in total. The van der Waals surface area contributed by atoms with Crippen LogP contribution in [0.15, 0.2) is 29.4 Å². The van der Waals surface area contributed by atoms with Gasteiger partial charge in [0.25, 0.3) is 0 Å². The van der Waals surface area contributed by atoms with Gasteiger partial charge < -0.3 is 9.88 Å². The van der Waals surface area contributed by atoms with Crippen LogP contribution in [0.3, 0.4) is 0 Å². The molecule has 1 aromatic carbocycles. The lowest BCUT2D eigenvalue weighted by Gasteiger charge is -2.26. The highest BCUT2D eigenvalue weighted by Gasteiger charge is 2.21. The summed E-state index contributed by atoms with van der Waals surface area (Å²) >= 11 is 1.42. The van der Waals surface area contributed by atoms with Gasteiger partial charge in [0.2, 0.25) is 5.91 Å². The van der Waals surface area contributed by atoms with Crippen LogP contribution in [0.5, 0.6) is 0 Å². The Morgan fingerprint density at radius 2 is 2.23 bits per heavy atom. The van der Waals surface area contributed by atoms with E-state index < -0.39 is 0 Å². The molecule has 1 heterocycles. The third-order valence-electron chi connectivity index (χ3n) is 4.09. The number of nitrogens with zero attached hydrogens (tertiary/aromatic N) is 3. The van der Waals surface area contributed by atoms with E-state index in [0.29, 0.717) is 5.75 Å². The van der Waals surface area contributed by atoms with Crippen molar-refractivity contribution in [3.8, 4) is 0 Å². The maximum atomic E-state index is 12.2. The molecule has 22 heavy (non-hydrogen) atoms. The van der Waals surface area contributed by atoms with Crippen LogP contribution in [0.1, 0.15) is 35.8 Å². The summed E-state index contributed by atoms with van der Waals surface area (Å²) in [5.41, 5.74) is 2.62. The van der Waals surface area contributed by atoms with Crippen LogP contribution < -0.4 is 5.32 Å². The van der Waals surface area contributed by atoms with E-state index in [1.54, 1.807) is 0 Å². The summed E-state index contributed by atoms with van der Waals surface area (Å²) < 4.78 is 1.90. The summed E-state index contributed by atoms with van der Waals surface area (Å²) in [7, 11) is 1.91. The summed E-state index contributed by atoms with van der Waals surface area (Å²) in [4.78, 5) is 12.2. The molecule has 2 aromatic rings. The van der Waals surface area contributed by atoms with Crippen molar-refractivity contribution in [2.45, 2.75) is 37.4 Å². The predicted molar refractivity (Wildman–Crippen MR) is 86.7 cm³/mol. The Morgan fingerprint density at radius 3 is 3.00 bits per heavy atom. The van der Waals surface area contributed by atoms with Crippen LogP contribution in [0.25, 0.3) is 0 Å². The van der Waals surface area contributed by atoms with E-state index in [2.05, 4.69) is 33.7 Å². The second-order valence-electron chi connectivity index (χ2n) is 5.59. The highest BCUT2D eigenvalue weighted by atomic mass is 32.2. The number of thioether (sulfide) groups is 1. The number of nitrogens with one attached hydrogen (secondary N) is 1. The molecule has 1 aromatic heterocycles. The number of aromatic nitrogens is 3. The summed E-state index contributed by atoms with van der Waals surface area (Å²) in [6.07, 6.45) is 3.24. The van der Waals surface area contributed by atoms with Gasteiger partial charge in [-0.15, -0.1) is 10.2 Å². The van der Waals surface area contributed by atoms with E-state index in [0.717, 1.165) is 30.2 Å². The third-order valence-corrected chi connectivity index (χ3v) is 5.11. The van der Waals surface area contributed by atoms with Gasteiger partial charge in [-0.3, -0.25) is 4.79 Å². The summed E-state index contributed by atoms with van der Waals surface area (Å²) in [5, 5.41) is 12.0. The van der Waals surface area contributed by atoms with Gasteiger partial charge >= 0.3 is 0 Å². The van der Waals surface area contributed by atoms with Gasteiger partial charge in [0, 0.05) is 7.05 Å². The van der Waals surface area contributed by atoms with Crippen molar-refractivity contribution >= 4 is 17.7 Å². The molecular formula is C16H20N4OS. The number of carbonyl (C=O) groups excluding carboxylic acids is 1. The number of aryl methyl sites for hydroxylation is 2. The Morgan fingerprint density at radius 1 is 1.41 bits per heavy atom. The van der Waals surface area contributed by atoms with Crippen molar-refractivity contribution in [2.75, 3.05) is 5.75 Å². The SMILES string of the molecule is Cc1nnc(SCC(=O)N[C@@H]2CCCc3ccccc32)n1C. The van der Waals surface area contributed by atoms with Crippen LogP contribution >= 0.6 is 11.8 Å². The predicted octanol–water partition coefficient (Wildman–Crippen LogP) is 2.41. The van der Waals surface area contributed by atoms with Crippen LogP contribution in [0.4, 0.5) is 0 Å². The fourth-order valence-electron chi connectivity index (χ4n) is 2.78. The summed E-state index contributed by atoms with van der Waals surface area (Å²) in [5.74, 6) is 1.27. The molecule has 1 aliphatic carbocycles. The molecule has 1 N–H and O–H groups in total. The minimum Gasteiger partial charge on any atom is -0.349 e. The van der Waals surface area contributed by atoms with Crippen molar-refractivity contribution in [3.63, 3.8) is 0 Å². The lowest BCUT2D eigenvalue weighted by atomic mass is 9.88. The van der Waals surface area contributed by atoms with E-state index in [1.165, 1.54) is 22.9 Å². The number of amides is 1. The molecule has 0 saturated carbocycles. The zero-order chi connectivity index (χ0) is 15.5. The lowest BCUT2D eigenvalue weighted by molar-refractivity contribution is -0.119. The van der Waals surface area contributed by atoms with Crippen molar-refractivity contribution < 1.29 is 4.79 Å². The van der Waals surface area contributed by atoms with Gasteiger partial charge in [0.05, 0.1) is 11.8 Å². The Bertz CT molecular complexity index is 683. The normalized spacial score (nSPS) is 17.1. The fraction of sp³-hybridized carbons (Fsp3) is 0.438. The molecular weight excluding hydrogens is 296 g/mol. The zero-order valence-electron chi connectivity index (χ0n) is 12.9. The second-order valence-corrected chi connectivity index (χ2v) is 6.53. The molecule has 1 aliphatic rings. The van der Waals surface area contributed by atoms with Crippen LogP contribution in [0.2, 0.25) is 0 Å². The second kappa shape index (κ2) is 6.52. The molecule has 0 bridgehead atoms. The minimum atomic E-state index is 0.0485. The van der Waals surface area contributed by atoms with Gasteiger partial charge in [-0.1, -0.05) is 36.0 Å². The maximum absolute atomic E-state index is 12.2. The Kier molecular flexibility index (Phi) is 4.47. The molecule has 0 unspecified atom stereocenters. The lowest BCUT2D eigenvalue weighted by Crippen LogP contribution is -2.32. The number of fused-ring (bicyclic) bond motifs is 1. The molecule has 0 spiro atoms. The number of rotatable bonds is 4. The number of hydrogen-bond acceptors (Lipinski definition) is 4. The summed E-state index contributed by atoms with van der Waals surface area (Å²) in [6.45, 7) is 1.90. The Balaban J connectivity index is 1.60. The van der Waals surface area contributed by atoms with Crippen LogP contribution in [-0.4, -0.2) is 26.4 Å². The molecule has 6 heteroatoms. The summed E-state index contributed by atoms with van der Waals surface area (Å²) in [6, 6.07) is 8.53. The van der Waals surface area contributed by atoms with Gasteiger partial charge in [0.1, 0.15) is 5.82 Å². The maximum Gasteiger partial charge on any atom is 0.230 e. The van der Waals surface area contributed by atoms with Crippen molar-refractivity contribution in [3.05, 3.63) is 41.2 Å². The van der Waals surface area contributed by atoms with E-state index in [-0.39, 0.29) is 11.9 Å². The molecule has 3 rings (SSSR count). The third kappa shape index (κ3) is 3.16. The quantitative estimate of drug-likeness (QED) is 0.880. The highest BCUT2D eigenvalue weighted by molar-refractivity contribution is 7.99. The fourth-order valence-corrected chi connectivity index (χ4v) is 3.55. The molecule has 116 valence electrons. The average molecular weight is 316 g/mol. The highest BCUT2D eigenvalue weighted by Crippen LogP contribution is 2.29. The van der Waals surface area contributed by atoms with Gasteiger partial charge in [-0.25, -0.2) is 0 Å². The monoisotopic (exact) mass is 316 g/mol. The van der Waals surface area contributed by atoms with Crippen molar-refractivity contribution in [1.29, 1.82) is 0 Å². The Hall–Kier alpha value is -1.82. The zero-order valence-corrected chi connectivity index (χ0v) is 13.7. The van der Waals surface area contributed by atoms with Gasteiger partial charge in [0.15, 0.2) is 5.16 Å². The van der Waals surface area contributed by atoms with Crippen molar-refractivity contribution in [2.24, 2.45) is 7.05 Å². The first-order valence-electron chi connectivity index (χ1n) is 7.51. The molecule has 0 saturated heterocycles. The molecule has 0 radical (unpaired) electrons. The molecule has 0 fully saturated rings. The van der Waals surface area contributed by atoms with Crippen LogP contribution in [0, 0.1) is 6.92 Å². The first-order chi connectivity index (χ1) is 10.6. The first kappa shape index (κ1) is 15.1. The number of benzene rings is 1. The Labute approximate surface area is 134 Å². The van der Waals surface area contributed by atoms with Gasteiger partial charge in [-0.2, -0.15) is 0 Å².